The summed E-state index contributed by atoms with van der Waals surface area (Å²) in [6.07, 6.45) is 1.40. The van der Waals surface area contributed by atoms with Crippen LogP contribution in [0.25, 0.3) is 0 Å². The van der Waals surface area contributed by atoms with Crippen molar-refractivity contribution in [1.29, 1.82) is 0 Å². The predicted molar refractivity (Wildman–Crippen MR) is 166 cm³/mol. The van der Waals surface area contributed by atoms with Crippen LogP contribution >= 0.6 is 11.8 Å². The molecule has 2 aliphatic rings. The number of aliphatic carboxylic acids is 1. The Labute approximate surface area is 257 Å². The molecule has 1 saturated heterocycles. The molecule has 2 aromatic rings. The van der Waals surface area contributed by atoms with E-state index in [0.29, 0.717) is 24.9 Å². The Morgan fingerprint density at radius 3 is 2.42 bits per heavy atom. The molecule has 11 nitrogen and oxygen atoms in total. The van der Waals surface area contributed by atoms with Gasteiger partial charge in [-0.05, 0) is 50.5 Å². The molecule has 0 saturated carbocycles. The number of Topliss-reactive ketones (excluding diaryl/α,β-unsaturated/α-hetero) is 1. The number of benzene rings is 2. The van der Waals surface area contributed by atoms with Gasteiger partial charge in [-0.3, -0.25) is 14.6 Å². The number of carboxylic acids is 1. The average molecular weight is 630 g/mol. The van der Waals surface area contributed by atoms with Gasteiger partial charge in [-0.1, -0.05) is 42.5 Å². The minimum Gasteiger partial charge on any atom is -0.480 e. The largest absolute Gasteiger partial charge is 0.480 e. The van der Waals surface area contributed by atoms with Crippen LogP contribution < -0.4 is 16.0 Å². The second-order valence-electron chi connectivity index (χ2n) is 11.2. The fraction of sp³-hybridized carbons (Fsp3) is 0.467. The summed E-state index contributed by atoms with van der Waals surface area (Å²) < 4.78 is 27.5. The van der Waals surface area contributed by atoms with Crippen LogP contribution in [0.2, 0.25) is 0 Å². The monoisotopic (exact) mass is 629 g/mol. The number of rotatable bonds is 13. The van der Waals surface area contributed by atoms with Crippen molar-refractivity contribution in [3.8, 4) is 0 Å². The molecule has 4 N–H and O–H groups in total. The molecular weight excluding hydrogens is 590 g/mol. The summed E-state index contributed by atoms with van der Waals surface area (Å²) in [5, 5.41) is 18.3. The number of nitrogens with one attached hydrogen (secondary N) is 3. The van der Waals surface area contributed by atoms with E-state index in [0.717, 1.165) is 24.6 Å². The summed E-state index contributed by atoms with van der Waals surface area (Å²) in [7, 11) is -4.03. The first-order valence-electron chi connectivity index (χ1n) is 14.3. The number of thioether (sulfide) groups is 1. The SMILES string of the molecule is CC1SC(C)(C)[C@@H](C(=O)NC(Cc2ccc(CC(=O)CCCNC3=NCCN3)cc2)C(=O)O)N1S(=O)(=O)c1ccccc1. The van der Waals surface area contributed by atoms with E-state index in [1.54, 1.807) is 63.2 Å². The van der Waals surface area contributed by atoms with E-state index in [1.807, 2.05) is 0 Å². The van der Waals surface area contributed by atoms with Crippen LogP contribution in [0.4, 0.5) is 0 Å². The molecule has 0 spiro atoms. The molecule has 13 heteroatoms. The molecule has 0 radical (unpaired) electrons. The van der Waals surface area contributed by atoms with E-state index in [4.69, 9.17) is 0 Å². The van der Waals surface area contributed by atoms with Crippen molar-refractivity contribution in [3.63, 3.8) is 0 Å². The second-order valence-corrected chi connectivity index (χ2v) is 15.0. The Morgan fingerprint density at radius 2 is 1.79 bits per heavy atom. The number of aliphatic imine (C=N–C) groups is 1. The molecule has 2 unspecified atom stereocenters. The molecule has 2 heterocycles. The number of nitrogens with zero attached hydrogens (tertiary/aromatic N) is 2. The number of hydrogen-bond acceptors (Lipinski definition) is 9. The van der Waals surface area contributed by atoms with E-state index < -0.39 is 44.1 Å². The smallest absolute Gasteiger partial charge is 0.326 e. The number of amides is 1. The zero-order valence-corrected chi connectivity index (χ0v) is 26.2. The number of sulfonamides is 1. The average Bonchev–Trinajstić information content (AvgIpc) is 3.56. The third-order valence-electron chi connectivity index (χ3n) is 7.39. The highest BCUT2D eigenvalue weighted by Crippen LogP contribution is 2.46. The quantitative estimate of drug-likeness (QED) is 0.244. The van der Waals surface area contributed by atoms with Gasteiger partial charge in [0.2, 0.25) is 15.9 Å². The lowest BCUT2D eigenvalue weighted by Crippen LogP contribution is -2.57. The first kappa shape index (κ1) is 32.5. The van der Waals surface area contributed by atoms with Gasteiger partial charge >= 0.3 is 5.97 Å². The number of ketones is 1. The minimum absolute atomic E-state index is 0.000170. The van der Waals surface area contributed by atoms with Gasteiger partial charge in [0.25, 0.3) is 0 Å². The summed E-state index contributed by atoms with van der Waals surface area (Å²) in [6.45, 7) is 7.53. The Kier molecular flexibility index (Phi) is 10.5. The minimum atomic E-state index is -4.03. The van der Waals surface area contributed by atoms with E-state index >= 15 is 0 Å². The van der Waals surface area contributed by atoms with Gasteiger partial charge < -0.3 is 21.1 Å². The van der Waals surface area contributed by atoms with Crippen LogP contribution in [0.3, 0.4) is 0 Å². The third kappa shape index (κ3) is 8.15. The van der Waals surface area contributed by atoms with E-state index in [1.165, 1.54) is 28.2 Å². The van der Waals surface area contributed by atoms with Gasteiger partial charge in [0, 0.05) is 37.1 Å². The number of hydrogen-bond donors (Lipinski definition) is 4. The van der Waals surface area contributed by atoms with Crippen molar-refractivity contribution >= 4 is 45.4 Å². The molecule has 2 aromatic carbocycles. The molecule has 43 heavy (non-hydrogen) atoms. The van der Waals surface area contributed by atoms with Crippen LogP contribution in [0, 0.1) is 0 Å². The molecule has 0 aromatic heterocycles. The first-order valence-corrected chi connectivity index (χ1v) is 16.6. The number of carboxylic acid groups (broad SMARTS) is 1. The summed E-state index contributed by atoms with van der Waals surface area (Å²) in [4.78, 5) is 42.5. The molecule has 1 fully saturated rings. The van der Waals surface area contributed by atoms with Crippen molar-refractivity contribution in [1.82, 2.24) is 20.3 Å². The lowest BCUT2D eigenvalue weighted by molar-refractivity contribution is -0.142. The summed E-state index contributed by atoms with van der Waals surface area (Å²) in [5.74, 6) is -1.02. The predicted octanol–water partition coefficient (Wildman–Crippen LogP) is 2.17. The zero-order chi connectivity index (χ0) is 31.2. The third-order valence-corrected chi connectivity index (χ3v) is 10.9. The maximum absolute atomic E-state index is 13.6. The molecule has 1 amide bonds. The van der Waals surface area contributed by atoms with Gasteiger partial charge in [0.1, 0.15) is 17.9 Å². The molecular formula is C30H39N5O6S2. The van der Waals surface area contributed by atoms with Gasteiger partial charge in [0.15, 0.2) is 5.96 Å². The topological polar surface area (TPSA) is 157 Å². The number of carbonyl (C=O) groups is 3. The van der Waals surface area contributed by atoms with Crippen LogP contribution in [0.5, 0.6) is 0 Å². The van der Waals surface area contributed by atoms with Gasteiger partial charge in [-0.25, -0.2) is 13.2 Å². The molecule has 0 aliphatic carbocycles. The molecule has 232 valence electrons. The van der Waals surface area contributed by atoms with Crippen LogP contribution in [0.15, 0.2) is 64.5 Å². The Bertz CT molecular complexity index is 1450. The van der Waals surface area contributed by atoms with Crippen molar-refractivity contribution in [2.75, 3.05) is 19.6 Å². The fourth-order valence-corrected chi connectivity index (χ4v) is 9.12. The van der Waals surface area contributed by atoms with E-state index in [-0.39, 0.29) is 23.5 Å². The second kappa shape index (κ2) is 13.9. The van der Waals surface area contributed by atoms with Crippen molar-refractivity contribution in [3.05, 3.63) is 65.7 Å². The summed E-state index contributed by atoms with van der Waals surface area (Å²) >= 11 is 1.35. The van der Waals surface area contributed by atoms with Gasteiger partial charge in [0.05, 0.1) is 16.8 Å². The zero-order valence-electron chi connectivity index (χ0n) is 24.6. The van der Waals surface area contributed by atoms with Crippen molar-refractivity contribution in [2.45, 2.75) is 73.6 Å². The number of carbonyl (C=O) groups excluding carboxylic acids is 2. The van der Waals surface area contributed by atoms with Crippen LogP contribution in [-0.2, 0) is 37.2 Å². The van der Waals surface area contributed by atoms with Crippen LogP contribution in [0.1, 0.15) is 44.7 Å². The fourth-order valence-electron chi connectivity index (χ4n) is 5.36. The van der Waals surface area contributed by atoms with E-state index in [2.05, 4.69) is 20.9 Å². The lowest BCUT2D eigenvalue weighted by atomic mass is 9.99. The Morgan fingerprint density at radius 1 is 1.12 bits per heavy atom. The molecule has 2 aliphatic heterocycles. The van der Waals surface area contributed by atoms with Crippen LogP contribution in [-0.4, -0.2) is 83.3 Å². The van der Waals surface area contributed by atoms with Gasteiger partial charge in [-0.2, -0.15) is 4.31 Å². The molecule has 3 atom stereocenters. The Hall–Kier alpha value is -3.42. The van der Waals surface area contributed by atoms with E-state index in [9.17, 15) is 27.9 Å². The first-order chi connectivity index (χ1) is 20.4. The number of guanidine groups is 1. The normalized spacial score (nSPS) is 20.6. The maximum atomic E-state index is 13.6. The summed E-state index contributed by atoms with van der Waals surface area (Å²) in [6, 6.07) is 12.6. The molecule has 4 rings (SSSR count). The maximum Gasteiger partial charge on any atom is 0.326 e. The van der Waals surface area contributed by atoms with Crippen molar-refractivity contribution < 1.29 is 27.9 Å². The highest BCUT2D eigenvalue weighted by atomic mass is 32.2. The van der Waals surface area contributed by atoms with Crippen molar-refractivity contribution in [2.24, 2.45) is 4.99 Å². The summed E-state index contributed by atoms with van der Waals surface area (Å²) in [5.41, 5.74) is 1.49. The molecule has 0 bridgehead atoms. The highest BCUT2D eigenvalue weighted by molar-refractivity contribution is 8.02. The highest BCUT2D eigenvalue weighted by Gasteiger charge is 2.55. The lowest BCUT2D eigenvalue weighted by Gasteiger charge is -2.31. The standard InChI is InChI=1S/C30H39N5O6S2/c1-20-35(43(40,41)24-9-5-4-6-10-24)26(30(2,3)42-20)27(37)34-25(28(38)39)19-22-13-11-21(12-14-22)18-23(36)8-7-15-31-29-32-16-17-33-29/h4-6,9-14,20,25-26H,7-8,15-19H2,1-3H3,(H,34,37)(H,38,39)(H2,31,32,33)/t20?,25?,26-/m1/s1. The van der Waals surface area contributed by atoms with Gasteiger partial charge in [-0.15, -0.1) is 11.8 Å². The Balaban J connectivity index is 1.37.